The Labute approximate surface area is 163 Å². The molecule has 0 atom stereocenters. The maximum absolute atomic E-state index is 10.9. The SMILES string of the molecule is CC(C)(C)c1cc(CNc2cccc3ccccc23)cc(C(C)(C)C)c1O. The van der Waals surface area contributed by atoms with E-state index < -0.39 is 0 Å². The largest absolute Gasteiger partial charge is 0.507 e. The van der Waals surface area contributed by atoms with Gasteiger partial charge in [-0.25, -0.2) is 0 Å². The van der Waals surface area contributed by atoms with Crippen LogP contribution in [0.1, 0.15) is 58.2 Å². The van der Waals surface area contributed by atoms with E-state index >= 15 is 0 Å². The zero-order chi connectivity index (χ0) is 19.8. The molecule has 0 saturated heterocycles. The lowest BCUT2D eigenvalue weighted by Gasteiger charge is -2.28. The lowest BCUT2D eigenvalue weighted by molar-refractivity contribution is 0.423. The molecule has 0 saturated carbocycles. The number of phenolic OH excluding ortho intramolecular Hbond substituents is 1. The quantitative estimate of drug-likeness (QED) is 0.540. The molecule has 27 heavy (non-hydrogen) atoms. The van der Waals surface area contributed by atoms with Gasteiger partial charge in [0.15, 0.2) is 0 Å². The molecule has 0 aromatic heterocycles. The first-order chi connectivity index (χ1) is 12.6. The Morgan fingerprint density at radius 3 is 1.93 bits per heavy atom. The summed E-state index contributed by atoms with van der Waals surface area (Å²) in [6, 6.07) is 19.1. The highest BCUT2D eigenvalue weighted by Crippen LogP contribution is 2.40. The number of fused-ring (bicyclic) bond motifs is 1. The second kappa shape index (κ2) is 6.92. The highest BCUT2D eigenvalue weighted by atomic mass is 16.3. The summed E-state index contributed by atoms with van der Waals surface area (Å²) in [6.45, 7) is 13.6. The Morgan fingerprint density at radius 2 is 1.33 bits per heavy atom. The van der Waals surface area contributed by atoms with E-state index in [0.717, 1.165) is 23.4 Å². The maximum atomic E-state index is 10.9. The number of rotatable bonds is 3. The molecule has 3 aromatic carbocycles. The fourth-order valence-electron chi connectivity index (χ4n) is 3.52. The molecule has 0 bridgehead atoms. The summed E-state index contributed by atoms with van der Waals surface area (Å²) in [5, 5.41) is 17.0. The summed E-state index contributed by atoms with van der Waals surface area (Å²) in [6.07, 6.45) is 0. The molecular weight excluding hydrogens is 330 g/mol. The monoisotopic (exact) mass is 361 g/mol. The summed E-state index contributed by atoms with van der Waals surface area (Å²) in [5.41, 5.74) is 4.11. The average Bonchev–Trinajstić information content (AvgIpc) is 2.58. The van der Waals surface area contributed by atoms with Crippen molar-refractivity contribution in [2.75, 3.05) is 5.32 Å². The van der Waals surface area contributed by atoms with Crippen LogP contribution in [0.25, 0.3) is 10.8 Å². The van der Waals surface area contributed by atoms with Gasteiger partial charge in [0.25, 0.3) is 0 Å². The lowest BCUT2D eigenvalue weighted by atomic mass is 9.78. The molecule has 3 aromatic rings. The van der Waals surface area contributed by atoms with E-state index in [1.807, 2.05) is 0 Å². The molecule has 0 spiro atoms. The minimum Gasteiger partial charge on any atom is -0.507 e. The summed E-state index contributed by atoms with van der Waals surface area (Å²) in [7, 11) is 0. The predicted octanol–water partition coefficient (Wildman–Crippen LogP) is 6.75. The van der Waals surface area contributed by atoms with Crippen LogP contribution in [-0.2, 0) is 17.4 Å². The van der Waals surface area contributed by atoms with E-state index in [-0.39, 0.29) is 10.8 Å². The second-order valence-corrected chi connectivity index (χ2v) is 9.42. The Bertz CT molecular complexity index is 918. The minimum atomic E-state index is -0.112. The van der Waals surface area contributed by atoms with Crippen LogP contribution >= 0.6 is 0 Å². The van der Waals surface area contributed by atoms with Gasteiger partial charge in [0.05, 0.1) is 0 Å². The number of hydrogen-bond acceptors (Lipinski definition) is 2. The summed E-state index contributed by atoms with van der Waals surface area (Å²) in [5.74, 6) is 0.434. The third kappa shape index (κ3) is 4.10. The number of phenols is 1. The van der Waals surface area contributed by atoms with Crippen LogP contribution in [0.2, 0.25) is 0 Å². The Morgan fingerprint density at radius 1 is 0.778 bits per heavy atom. The van der Waals surface area contributed by atoms with Crippen molar-refractivity contribution in [2.24, 2.45) is 0 Å². The molecule has 0 radical (unpaired) electrons. The van der Waals surface area contributed by atoms with Crippen LogP contribution in [0.3, 0.4) is 0 Å². The lowest BCUT2D eigenvalue weighted by Crippen LogP contribution is -2.18. The third-order valence-corrected chi connectivity index (χ3v) is 5.06. The smallest absolute Gasteiger partial charge is 0.123 e. The second-order valence-electron chi connectivity index (χ2n) is 9.42. The summed E-state index contributed by atoms with van der Waals surface area (Å²) >= 11 is 0. The summed E-state index contributed by atoms with van der Waals surface area (Å²) in [4.78, 5) is 0. The van der Waals surface area contributed by atoms with Crippen molar-refractivity contribution in [2.45, 2.75) is 58.9 Å². The van der Waals surface area contributed by atoms with E-state index in [1.165, 1.54) is 16.3 Å². The van der Waals surface area contributed by atoms with Gasteiger partial charge in [0.2, 0.25) is 0 Å². The van der Waals surface area contributed by atoms with Crippen molar-refractivity contribution < 1.29 is 5.11 Å². The van der Waals surface area contributed by atoms with E-state index in [4.69, 9.17) is 0 Å². The van der Waals surface area contributed by atoms with Crippen LogP contribution < -0.4 is 5.32 Å². The molecule has 0 aliphatic heterocycles. The first kappa shape index (κ1) is 19.3. The molecule has 0 fully saturated rings. The molecule has 2 heteroatoms. The van der Waals surface area contributed by atoms with Gasteiger partial charge in [-0.15, -0.1) is 0 Å². The first-order valence-corrected chi connectivity index (χ1v) is 9.66. The zero-order valence-electron chi connectivity index (χ0n) is 17.4. The van der Waals surface area contributed by atoms with Crippen LogP contribution in [0.4, 0.5) is 5.69 Å². The van der Waals surface area contributed by atoms with E-state index in [2.05, 4.69) is 101 Å². The molecule has 3 rings (SSSR count). The van der Waals surface area contributed by atoms with Gasteiger partial charge in [-0.2, -0.15) is 0 Å². The topological polar surface area (TPSA) is 32.3 Å². The zero-order valence-corrected chi connectivity index (χ0v) is 17.4. The van der Waals surface area contributed by atoms with Crippen molar-refractivity contribution in [1.29, 1.82) is 0 Å². The number of benzene rings is 3. The molecule has 2 N–H and O–H groups in total. The van der Waals surface area contributed by atoms with Crippen molar-refractivity contribution >= 4 is 16.5 Å². The van der Waals surface area contributed by atoms with Gasteiger partial charge in [-0.1, -0.05) is 77.9 Å². The van der Waals surface area contributed by atoms with Gasteiger partial charge in [0.1, 0.15) is 5.75 Å². The molecule has 0 amide bonds. The Hall–Kier alpha value is -2.48. The van der Waals surface area contributed by atoms with Crippen LogP contribution in [0, 0.1) is 0 Å². The van der Waals surface area contributed by atoms with Gasteiger partial charge in [0, 0.05) is 17.6 Å². The summed E-state index contributed by atoms with van der Waals surface area (Å²) < 4.78 is 0. The van der Waals surface area contributed by atoms with Gasteiger partial charge >= 0.3 is 0 Å². The maximum Gasteiger partial charge on any atom is 0.123 e. The highest BCUT2D eigenvalue weighted by molar-refractivity contribution is 5.93. The Balaban J connectivity index is 1.99. The third-order valence-electron chi connectivity index (χ3n) is 5.06. The molecule has 0 heterocycles. The van der Waals surface area contributed by atoms with Gasteiger partial charge in [-0.05, 0) is 51.1 Å². The molecule has 142 valence electrons. The van der Waals surface area contributed by atoms with E-state index in [9.17, 15) is 5.11 Å². The van der Waals surface area contributed by atoms with E-state index in [0.29, 0.717) is 5.75 Å². The Kier molecular flexibility index (Phi) is 4.94. The number of nitrogens with one attached hydrogen (secondary N) is 1. The van der Waals surface area contributed by atoms with Crippen molar-refractivity contribution in [3.63, 3.8) is 0 Å². The van der Waals surface area contributed by atoms with E-state index in [1.54, 1.807) is 0 Å². The molecule has 0 aliphatic rings. The van der Waals surface area contributed by atoms with Gasteiger partial charge in [-0.3, -0.25) is 0 Å². The number of anilines is 1. The van der Waals surface area contributed by atoms with Crippen LogP contribution in [0.5, 0.6) is 5.75 Å². The molecule has 2 nitrogen and oxygen atoms in total. The van der Waals surface area contributed by atoms with Crippen molar-refractivity contribution in [3.05, 3.63) is 71.3 Å². The first-order valence-electron chi connectivity index (χ1n) is 9.66. The molecular formula is C25H31NO. The normalized spacial score (nSPS) is 12.4. The van der Waals surface area contributed by atoms with Crippen molar-refractivity contribution in [1.82, 2.24) is 0 Å². The fraction of sp³-hybridized carbons (Fsp3) is 0.360. The fourth-order valence-corrected chi connectivity index (χ4v) is 3.52. The standard InChI is InChI=1S/C25H31NO/c1-24(2,3)20-14-17(15-21(23(20)27)25(4,5)6)16-26-22-13-9-11-18-10-7-8-12-19(18)22/h7-15,26-27H,16H2,1-6H3. The predicted molar refractivity (Wildman–Crippen MR) is 117 cm³/mol. The van der Waals surface area contributed by atoms with Crippen molar-refractivity contribution in [3.8, 4) is 5.75 Å². The highest BCUT2D eigenvalue weighted by Gasteiger charge is 2.26. The number of hydrogen-bond donors (Lipinski definition) is 2. The number of aromatic hydroxyl groups is 1. The molecule has 0 aliphatic carbocycles. The van der Waals surface area contributed by atoms with Crippen LogP contribution in [-0.4, -0.2) is 5.11 Å². The minimum absolute atomic E-state index is 0.112. The molecule has 0 unspecified atom stereocenters. The average molecular weight is 362 g/mol. The van der Waals surface area contributed by atoms with Crippen LogP contribution in [0.15, 0.2) is 54.6 Å². The van der Waals surface area contributed by atoms with Gasteiger partial charge < -0.3 is 10.4 Å².